The molecule has 0 unspecified atom stereocenters. The fraction of sp³-hybridized carbons (Fsp3) is 0.364. The minimum Gasteiger partial charge on any atom is -0.319 e. The number of hydrogen-bond donors (Lipinski definition) is 0. The van der Waals surface area contributed by atoms with Gasteiger partial charge in [0, 0.05) is 12.3 Å². The number of nitrogens with zero attached hydrogens (tertiary/aromatic N) is 2. The minimum atomic E-state index is -4.31. The summed E-state index contributed by atoms with van der Waals surface area (Å²) in [7, 11) is 0. The van der Waals surface area contributed by atoms with Gasteiger partial charge >= 0.3 is 6.18 Å². The van der Waals surface area contributed by atoms with E-state index in [1.165, 1.54) is 0 Å². The first kappa shape index (κ1) is 13.5. The molecule has 0 radical (unpaired) electrons. The van der Waals surface area contributed by atoms with Gasteiger partial charge in [0.25, 0.3) is 0 Å². The first-order valence-corrected chi connectivity index (χ1v) is 6.10. The predicted molar refractivity (Wildman–Crippen MR) is 65.2 cm³/mol. The van der Waals surface area contributed by atoms with Crippen molar-refractivity contribution >= 4 is 34.2 Å². The summed E-state index contributed by atoms with van der Waals surface area (Å²) in [5.74, 6) is 0.504. The Labute approximate surface area is 111 Å². The molecule has 0 saturated carbocycles. The number of rotatable bonds is 3. The molecule has 0 aliphatic heterocycles. The Bertz CT molecular complexity index is 563. The number of hydrogen-bond acceptors (Lipinski definition) is 1. The second-order valence-corrected chi connectivity index (χ2v) is 4.56. The highest BCUT2D eigenvalue weighted by Gasteiger charge is 2.30. The van der Waals surface area contributed by atoms with E-state index in [2.05, 4.69) is 4.98 Å². The first-order chi connectivity index (χ1) is 8.42. The van der Waals surface area contributed by atoms with Crippen LogP contribution >= 0.6 is 23.2 Å². The standard InChI is InChI=1S/C11H9Cl2F3N2/c12-5-4-9-17-10-7(13)2-1-3-8(10)18(9)6-11(14,15)16/h1-3H,4-6H2. The van der Waals surface area contributed by atoms with E-state index in [4.69, 9.17) is 23.2 Å². The molecule has 0 aliphatic carbocycles. The van der Waals surface area contributed by atoms with Gasteiger partial charge in [0.15, 0.2) is 0 Å². The molecule has 0 atom stereocenters. The number of aromatic nitrogens is 2. The Morgan fingerprint density at radius 2 is 2.00 bits per heavy atom. The monoisotopic (exact) mass is 296 g/mol. The van der Waals surface area contributed by atoms with Crippen molar-refractivity contribution in [1.82, 2.24) is 9.55 Å². The highest BCUT2D eigenvalue weighted by Crippen LogP contribution is 2.27. The molecule has 0 saturated heterocycles. The van der Waals surface area contributed by atoms with Crippen LogP contribution in [0.5, 0.6) is 0 Å². The quantitative estimate of drug-likeness (QED) is 0.782. The molecule has 0 bridgehead atoms. The summed E-state index contributed by atoms with van der Waals surface area (Å²) in [6, 6.07) is 4.76. The zero-order valence-corrected chi connectivity index (χ0v) is 10.6. The molecule has 0 N–H and O–H groups in total. The van der Waals surface area contributed by atoms with Crippen LogP contribution in [0.15, 0.2) is 18.2 Å². The number of fused-ring (bicyclic) bond motifs is 1. The van der Waals surface area contributed by atoms with E-state index in [9.17, 15) is 13.2 Å². The van der Waals surface area contributed by atoms with Gasteiger partial charge in [-0.3, -0.25) is 0 Å². The number of benzene rings is 1. The molecular formula is C11H9Cl2F3N2. The van der Waals surface area contributed by atoms with Gasteiger partial charge in [-0.05, 0) is 12.1 Å². The van der Waals surface area contributed by atoms with Crippen molar-refractivity contribution < 1.29 is 13.2 Å². The lowest BCUT2D eigenvalue weighted by Gasteiger charge is -2.11. The molecule has 0 aliphatic rings. The molecular weight excluding hydrogens is 288 g/mol. The van der Waals surface area contributed by atoms with Gasteiger partial charge in [-0.15, -0.1) is 11.6 Å². The molecule has 0 spiro atoms. The smallest absolute Gasteiger partial charge is 0.319 e. The molecule has 7 heteroatoms. The van der Waals surface area contributed by atoms with E-state index < -0.39 is 12.7 Å². The van der Waals surface area contributed by atoms with E-state index in [1.54, 1.807) is 18.2 Å². The van der Waals surface area contributed by atoms with Crippen molar-refractivity contribution in [3.05, 3.63) is 29.0 Å². The summed E-state index contributed by atoms with van der Waals surface area (Å²) in [5.41, 5.74) is 0.753. The van der Waals surface area contributed by atoms with Crippen LogP contribution in [-0.4, -0.2) is 21.6 Å². The molecule has 18 heavy (non-hydrogen) atoms. The minimum absolute atomic E-state index is 0.207. The van der Waals surface area contributed by atoms with Crippen LogP contribution in [0, 0.1) is 0 Å². The summed E-state index contributed by atoms with van der Waals surface area (Å²) >= 11 is 11.5. The van der Waals surface area contributed by atoms with Crippen molar-refractivity contribution in [1.29, 1.82) is 0 Å². The van der Waals surface area contributed by atoms with E-state index >= 15 is 0 Å². The second kappa shape index (κ2) is 4.97. The number of imidazole rings is 1. The molecule has 0 fully saturated rings. The zero-order valence-electron chi connectivity index (χ0n) is 9.14. The van der Waals surface area contributed by atoms with E-state index in [0.29, 0.717) is 21.9 Å². The van der Waals surface area contributed by atoms with Crippen LogP contribution in [-0.2, 0) is 13.0 Å². The van der Waals surface area contributed by atoms with E-state index in [0.717, 1.165) is 4.57 Å². The average Bonchev–Trinajstić information content (AvgIpc) is 2.58. The lowest BCUT2D eigenvalue weighted by atomic mass is 10.3. The van der Waals surface area contributed by atoms with Crippen molar-refractivity contribution in [3.63, 3.8) is 0 Å². The third-order valence-corrected chi connectivity index (χ3v) is 2.96. The normalized spacial score (nSPS) is 12.3. The number of halogens is 5. The molecule has 2 rings (SSSR count). The number of aryl methyl sites for hydroxylation is 1. The van der Waals surface area contributed by atoms with Gasteiger partial charge in [0.2, 0.25) is 0 Å². The Morgan fingerprint density at radius 1 is 1.28 bits per heavy atom. The number of para-hydroxylation sites is 1. The molecule has 1 aromatic carbocycles. The van der Waals surface area contributed by atoms with Gasteiger partial charge in [0.05, 0.1) is 10.5 Å². The molecule has 1 heterocycles. The molecule has 98 valence electrons. The molecule has 0 amide bonds. The second-order valence-electron chi connectivity index (χ2n) is 3.78. The number of alkyl halides is 4. The fourth-order valence-electron chi connectivity index (χ4n) is 1.79. The van der Waals surface area contributed by atoms with Crippen LogP contribution in [0.25, 0.3) is 11.0 Å². The zero-order chi connectivity index (χ0) is 13.3. The third-order valence-electron chi connectivity index (χ3n) is 2.46. The van der Waals surface area contributed by atoms with E-state index in [1.807, 2.05) is 0 Å². The summed E-state index contributed by atoms with van der Waals surface area (Å²) in [6.45, 7) is -1.09. The molecule has 2 nitrogen and oxygen atoms in total. The Morgan fingerprint density at radius 3 is 2.61 bits per heavy atom. The summed E-state index contributed by atoms with van der Waals surface area (Å²) in [4.78, 5) is 4.13. The highest BCUT2D eigenvalue weighted by atomic mass is 35.5. The fourth-order valence-corrected chi connectivity index (χ4v) is 2.17. The van der Waals surface area contributed by atoms with Gasteiger partial charge < -0.3 is 4.57 Å². The van der Waals surface area contributed by atoms with Gasteiger partial charge in [-0.2, -0.15) is 13.2 Å². The lowest BCUT2D eigenvalue weighted by Crippen LogP contribution is -2.19. The van der Waals surface area contributed by atoms with E-state index in [-0.39, 0.29) is 12.3 Å². The highest BCUT2D eigenvalue weighted by molar-refractivity contribution is 6.34. The maximum Gasteiger partial charge on any atom is 0.406 e. The van der Waals surface area contributed by atoms with Crippen LogP contribution in [0.1, 0.15) is 5.82 Å². The van der Waals surface area contributed by atoms with Crippen molar-refractivity contribution in [2.24, 2.45) is 0 Å². The van der Waals surface area contributed by atoms with Gasteiger partial charge in [0.1, 0.15) is 17.9 Å². The maximum absolute atomic E-state index is 12.6. The first-order valence-electron chi connectivity index (χ1n) is 5.18. The van der Waals surface area contributed by atoms with Crippen LogP contribution in [0.4, 0.5) is 13.2 Å². The molecule has 1 aromatic heterocycles. The maximum atomic E-state index is 12.6. The van der Waals surface area contributed by atoms with Crippen molar-refractivity contribution in [3.8, 4) is 0 Å². The van der Waals surface area contributed by atoms with Crippen LogP contribution in [0.3, 0.4) is 0 Å². The van der Waals surface area contributed by atoms with Gasteiger partial charge in [-0.25, -0.2) is 4.98 Å². The largest absolute Gasteiger partial charge is 0.406 e. The van der Waals surface area contributed by atoms with Crippen molar-refractivity contribution in [2.45, 2.75) is 19.1 Å². The predicted octanol–water partition coefficient (Wildman–Crippen LogP) is 4.03. The third kappa shape index (κ3) is 2.72. The van der Waals surface area contributed by atoms with Crippen molar-refractivity contribution in [2.75, 3.05) is 5.88 Å². The lowest BCUT2D eigenvalue weighted by molar-refractivity contribution is -0.140. The Balaban J connectivity index is 2.59. The average molecular weight is 297 g/mol. The summed E-state index contributed by atoms with van der Waals surface area (Å²) in [6.07, 6.45) is -4.04. The molecule has 2 aromatic rings. The summed E-state index contributed by atoms with van der Waals surface area (Å²) < 4.78 is 38.8. The van der Waals surface area contributed by atoms with Crippen LogP contribution < -0.4 is 0 Å². The Hall–Kier alpha value is -0.940. The topological polar surface area (TPSA) is 17.8 Å². The van der Waals surface area contributed by atoms with Gasteiger partial charge in [-0.1, -0.05) is 17.7 Å². The Kier molecular flexibility index (Phi) is 3.73. The summed E-state index contributed by atoms with van der Waals surface area (Å²) in [5, 5.41) is 0.337. The van der Waals surface area contributed by atoms with Crippen LogP contribution in [0.2, 0.25) is 5.02 Å². The SMILES string of the molecule is FC(F)(F)Cn1c(CCCl)nc2c(Cl)cccc21.